The van der Waals surface area contributed by atoms with E-state index in [1.165, 1.54) is 44.9 Å². The number of fused-ring (bicyclic) bond motifs is 5. The summed E-state index contributed by atoms with van der Waals surface area (Å²) in [5.74, 6) is 4.67. The third kappa shape index (κ3) is 2.36. The second kappa shape index (κ2) is 5.61. The fourth-order valence-corrected chi connectivity index (χ4v) is 7.61. The lowest BCUT2D eigenvalue weighted by Crippen LogP contribution is -2.50. The summed E-state index contributed by atoms with van der Waals surface area (Å²) in [6.07, 6.45) is 15.4. The largest absolute Gasteiger partial charge is 0.390 e. The predicted octanol–water partition coefficient (Wildman–Crippen LogP) is 5.73. The highest BCUT2D eigenvalue weighted by Gasteiger charge is 2.55. The minimum atomic E-state index is -0.331. The maximum Gasteiger partial charge on any atom is 0.0648 e. The summed E-state index contributed by atoms with van der Waals surface area (Å²) in [5.41, 5.74) is 1.97. The molecule has 0 aromatic heterocycles. The van der Waals surface area contributed by atoms with Gasteiger partial charge < -0.3 is 5.11 Å². The van der Waals surface area contributed by atoms with Crippen LogP contribution in [0.2, 0.25) is 0 Å². The Morgan fingerprint density at radius 3 is 2.57 bits per heavy atom. The lowest BCUT2D eigenvalue weighted by atomic mass is 9.49. The van der Waals surface area contributed by atoms with Crippen LogP contribution in [0.3, 0.4) is 0 Å². The molecule has 1 heteroatoms. The summed E-state index contributed by atoms with van der Waals surface area (Å²) < 4.78 is 0. The van der Waals surface area contributed by atoms with Crippen LogP contribution < -0.4 is 0 Å². The van der Waals surface area contributed by atoms with Crippen LogP contribution in [0.1, 0.15) is 85.0 Å². The molecule has 0 unspecified atom stereocenters. The molecule has 0 aromatic rings. The van der Waals surface area contributed by atoms with Gasteiger partial charge in [-0.05, 0) is 106 Å². The van der Waals surface area contributed by atoms with Crippen LogP contribution in [0, 0.1) is 35.0 Å². The molecule has 1 nitrogen and oxygen atoms in total. The number of hydrogen-bond donors (Lipinski definition) is 1. The molecule has 1 N–H and O–H groups in total. The van der Waals surface area contributed by atoms with Crippen molar-refractivity contribution in [3.05, 3.63) is 11.6 Å². The molecule has 0 heterocycles. The van der Waals surface area contributed by atoms with Crippen molar-refractivity contribution in [3.63, 3.8) is 0 Å². The van der Waals surface area contributed by atoms with Crippen molar-refractivity contribution in [3.8, 4) is 0 Å². The highest BCUT2D eigenvalue weighted by molar-refractivity contribution is 5.23. The van der Waals surface area contributed by atoms with Crippen molar-refractivity contribution < 1.29 is 5.11 Å². The molecule has 130 valence electrons. The van der Waals surface area contributed by atoms with Crippen LogP contribution in [0.5, 0.6) is 0 Å². The Bertz CT molecular complexity index is 494. The van der Waals surface area contributed by atoms with E-state index >= 15 is 0 Å². The average Bonchev–Trinajstić information content (AvgIpc) is 2.90. The number of rotatable bonds is 1. The minimum Gasteiger partial charge on any atom is -0.390 e. The van der Waals surface area contributed by atoms with E-state index in [0.29, 0.717) is 5.41 Å². The van der Waals surface area contributed by atoms with E-state index < -0.39 is 0 Å². The molecule has 4 fully saturated rings. The Morgan fingerprint density at radius 1 is 1.04 bits per heavy atom. The first-order valence-electron chi connectivity index (χ1n) is 10.4. The van der Waals surface area contributed by atoms with Gasteiger partial charge in [0, 0.05) is 0 Å². The quantitative estimate of drug-likeness (QED) is 0.613. The zero-order valence-electron chi connectivity index (χ0n) is 15.5. The lowest BCUT2D eigenvalue weighted by Gasteiger charge is -2.56. The molecule has 0 saturated heterocycles. The van der Waals surface area contributed by atoms with Gasteiger partial charge in [0.25, 0.3) is 0 Å². The first-order chi connectivity index (χ1) is 11.0. The van der Waals surface area contributed by atoms with Crippen molar-refractivity contribution in [2.45, 2.75) is 90.6 Å². The van der Waals surface area contributed by atoms with Gasteiger partial charge in [-0.15, -0.1) is 0 Å². The summed E-state index contributed by atoms with van der Waals surface area (Å²) in [4.78, 5) is 0. The van der Waals surface area contributed by atoms with E-state index in [2.05, 4.69) is 26.8 Å². The molecule has 0 aromatic carbocycles. The second-order valence-electron chi connectivity index (χ2n) is 9.56. The highest BCUT2D eigenvalue weighted by Crippen LogP contribution is 2.64. The average molecular weight is 317 g/mol. The smallest absolute Gasteiger partial charge is 0.0648 e. The van der Waals surface area contributed by atoms with Gasteiger partial charge in [0.1, 0.15) is 0 Å². The van der Waals surface area contributed by atoms with Gasteiger partial charge in [-0.3, -0.25) is 0 Å². The lowest BCUT2D eigenvalue weighted by molar-refractivity contribution is -0.0980. The molecule has 0 radical (unpaired) electrons. The van der Waals surface area contributed by atoms with Crippen LogP contribution in [-0.4, -0.2) is 10.7 Å². The van der Waals surface area contributed by atoms with Gasteiger partial charge >= 0.3 is 0 Å². The number of allylic oxidation sites excluding steroid dienone is 2. The zero-order chi connectivity index (χ0) is 16.2. The van der Waals surface area contributed by atoms with Crippen molar-refractivity contribution in [1.82, 2.24) is 0 Å². The Morgan fingerprint density at radius 2 is 1.83 bits per heavy atom. The summed E-state index contributed by atoms with van der Waals surface area (Å²) in [6.45, 7) is 7.02. The van der Waals surface area contributed by atoms with Gasteiger partial charge in [-0.25, -0.2) is 0 Å². The van der Waals surface area contributed by atoms with Crippen molar-refractivity contribution >= 4 is 0 Å². The fraction of sp³-hybridized carbons (Fsp3) is 0.909. The topological polar surface area (TPSA) is 20.2 Å². The second-order valence-corrected chi connectivity index (χ2v) is 9.56. The molecule has 4 aliphatic carbocycles. The van der Waals surface area contributed by atoms with Gasteiger partial charge in [-0.1, -0.05) is 25.5 Å². The molecular formula is C22H36O. The Hall–Kier alpha value is -0.300. The minimum absolute atomic E-state index is 0.331. The molecule has 7 atom stereocenters. The van der Waals surface area contributed by atoms with E-state index in [9.17, 15) is 5.11 Å². The molecule has 23 heavy (non-hydrogen) atoms. The SMILES string of the molecule is C/C=C1/CC[C@H]2[C@@H]3CC[C@H]4C[C@](O)(CC)CC[C@@H]4[C@H]3CC[C@]12C. The predicted molar refractivity (Wildman–Crippen MR) is 96.1 cm³/mol. The van der Waals surface area contributed by atoms with Crippen LogP contribution in [0.4, 0.5) is 0 Å². The Labute approximate surface area is 142 Å². The maximum atomic E-state index is 10.8. The van der Waals surface area contributed by atoms with Crippen molar-refractivity contribution in [2.75, 3.05) is 0 Å². The number of hydrogen-bond acceptors (Lipinski definition) is 1. The van der Waals surface area contributed by atoms with Gasteiger partial charge in [0.05, 0.1) is 5.60 Å². The monoisotopic (exact) mass is 316 g/mol. The van der Waals surface area contributed by atoms with E-state index in [4.69, 9.17) is 0 Å². The maximum absolute atomic E-state index is 10.8. The first kappa shape index (κ1) is 16.2. The molecule has 0 bridgehead atoms. The van der Waals surface area contributed by atoms with E-state index in [0.717, 1.165) is 48.9 Å². The molecule has 4 aliphatic rings. The molecule has 0 spiro atoms. The van der Waals surface area contributed by atoms with E-state index in [-0.39, 0.29) is 5.60 Å². The molecule has 0 aliphatic heterocycles. The third-order valence-electron chi connectivity index (χ3n) is 8.96. The van der Waals surface area contributed by atoms with Crippen molar-refractivity contribution in [2.24, 2.45) is 35.0 Å². The normalized spacial score (nSPS) is 54.4. The molecule has 4 saturated carbocycles. The van der Waals surface area contributed by atoms with Gasteiger partial charge in [0.15, 0.2) is 0 Å². The van der Waals surface area contributed by atoms with Crippen LogP contribution in [0.15, 0.2) is 11.6 Å². The van der Waals surface area contributed by atoms with Crippen LogP contribution in [0.25, 0.3) is 0 Å². The molecular weight excluding hydrogens is 280 g/mol. The first-order valence-corrected chi connectivity index (χ1v) is 10.4. The van der Waals surface area contributed by atoms with Crippen molar-refractivity contribution in [1.29, 1.82) is 0 Å². The van der Waals surface area contributed by atoms with E-state index in [1.807, 2.05) is 0 Å². The summed E-state index contributed by atoms with van der Waals surface area (Å²) in [7, 11) is 0. The third-order valence-corrected chi connectivity index (χ3v) is 8.96. The summed E-state index contributed by atoms with van der Waals surface area (Å²) in [5, 5.41) is 10.8. The number of aliphatic hydroxyl groups is 1. The Kier molecular flexibility index (Phi) is 3.95. The molecule has 0 amide bonds. The Balaban J connectivity index is 1.55. The highest BCUT2D eigenvalue weighted by atomic mass is 16.3. The van der Waals surface area contributed by atoms with Gasteiger partial charge in [0.2, 0.25) is 0 Å². The molecule has 4 rings (SSSR count). The van der Waals surface area contributed by atoms with Gasteiger partial charge in [-0.2, -0.15) is 0 Å². The standard InChI is InChI=1S/C22H36O/c1-4-16-7-9-20-19-8-6-15-14-22(23,5-2)13-11-17(15)18(19)10-12-21(16,20)3/h4,15,17-20,23H,5-14H2,1-3H3/b16-4-/t15-,17-,18+,19+,20-,21+,22-/m0/s1. The van der Waals surface area contributed by atoms with E-state index in [1.54, 1.807) is 5.57 Å². The van der Waals surface area contributed by atoms with Crippen LogP contribution >= 0.6 is 0 Å². The summed E-state index contributed by atoms with van der Waals surface area (Å²) in [6, 6.07) is 0. The summed E-state index contributed by atoms with van der Waals surface area (Å²) >= 11 is 0. The van der Waals surface area contributed by atoms with Crippen LogP contribution in [-0.2, 0) is 0 Å². The fourth-order valence-electron chi connectivity index (χ4n) is 7.61. The zero-order valence-corrected chi connectivity index (χ0v) is 15.5.